The predicted molar refractivity (Wildman–Crippen MR) is 76.8 cm³/mol. The molecule has 0 amide bonds. The number of nitrogens with zero attached hydrogens (tertiary/aromatic N) is 2. The lowest BCUT2D eigenvalue weighted by molar-refractivity contribution is 0.942. The summed E-state index contributed by atoms with van der Waals surface area (Å²) >= 11 is 0. The van der Waals surface area contributed by atoms with Gasteiger partial charge in [0.15, 0.2) is 0 Å². The van der Waals surface area contributed by atoms with Crippen LogP contribution in [0.15, 0.2) is 53.6 Å². The van der Waals surface area contributed by atoms with Gasteiger partial charge in [-0.25, -0.2) is 4.98 Å². The third-order valence-electron chi connectivity index (χ3n) is 3.35. The summed E-state index contributed by atoms with van der Waals surface area (Å²) in [5.41, 5.74) is 3.77. The van der Waals surface area contributed by atoms with Crippen LogP contribution in [-0.4, -0.2) is 9.55 Å². The highest BCUT2D eigenvalue weighted by Crippen LogP contribution is 2.17. The highest BCUT2D eigenvalue weighted by Gasteiger charge is 2.09. The van der Waals surface area contributed by atoms with Gasteiger partial charge in [-0.3, -0.25) is 9.36 Å². The van der Waals surface area contributed by atoms with Crippen molar-refractivity contribution in [1.82, 2.24) is 9.55 Å². The maximum atomic E-state index is 12.6. The Morgan fingerprint density at radius 3 is 2.37 bits per heavy atom. The molecule has 3 nitrogen and oxygen atoms in total. The van der Waals surface area contributed by atoms with E-state index in [0.29, 0.717) is 5.39 Å². The highest BCUT2D eigenvalue weighted by atomic mass is 16.1. The van der Waals surface area contributed by atoms with E-state index in [1.165, 1.54) is 0 Å². The van der Waals surface area contributed by atoms with Crippen LogP contribution in [0.25, 0.3) is 16.6 Å². The Bertz CT molecular complexity index is 798. The van der Waals surface area contributed by atoms with E-state index in [0.717, 1.165) is 22.3 Å². The molecule has 0 atom stereocenters. The lowest BCUT2D eigenvalue weighted by Gasteiger charge is -2.12. The number of benzene rings is 2. The van der Waals surface area contributed by atoms with E-state index in [9.17, 15) is 4.79 Å². The zero-order valence-electron chi connectivity index (χ0n) is 10.9. The van der Waals surface area contributed by atoms with E-state index >= 15 is 0 Å². The molecule has 3 heteroatoms. The van der Waals surface area contributed by atoms with Gasteiger partial charge < -0.3 is 0 Å². The second-order valence-electron chi connectivity index (χ2n) is 4.68. The molecule has 1 aromatic heterocycles. The summed E-state index contributed by atoms with van der Waals surface area (Å²) in [5, 5.41) is 0.646. The molecule has 1 heterocycles. The summed E-state index contributed by atoms with van der Waals surface area (Å²) < 4.78 is 1.63. The van der Waals surface area contributed by atoms with Gasteiger partial charge >= 0.3 is 0 Å². The van der Waals surface area contributed by atoms with Crippen molar-refractivity contribution in [2.24, 2.45) is 0 Å². The lowest BCUT2D eigenvalue weighted by Crippen LogP contribution is -2.20. The number of hydrogen-bond donors (Lipinski definition) is 0. The van der Waals surface area contributed by atoms with E-state index in [1.54, 1.807) is 10.9 Å². The first-order chi connectivity index (χ1) is 9.18. The molecule has 0 fully saturated rings. The summed E-state index contributed by atoms with van der Waals surface area (Å²) in [6.07, 6.45) is 1.61. The lowest BCUT2D eigenvalue weighted by atomic mass is 10.1. The third-order valence-corrected chi connectivity index (χ3v) is 3.35. The third kappa shape index (κ3) is 1.83. The zero-order valence-corrected chi connectivity index (χ0v) is 10.9. The van der Waals surface area contributed by atoms with Crippen molar-refractivity contribution in [3.8, 4) is 5.69 Å². The normalized spacial score (nSPS) is 10.8. The maximum absolute atomic E-state index is 12.6. The largest absolute Gasteiger partial charge is 0.268 e. The molecule has 0 radical (unpaired) electrons. The minimum absolute atomic E-state index is 0.0250. The first-order valence-electron chi connectivity index (χ1n) is 6.21. The summed E-state index contributed by atoms with van der Waals surface area (Å²) in [6, 6.07) is 13.4. The SMILES string of the molecule is Cc1cccc(C)c1-n1cnc2ccccc2c1=O. The average molecular weight is 250 g/mol. The van der Waals surface area contributed by atoms with Crippen LogP contribution >= 0.6 is 0 Å². The smallest absolute Gasteiger partial charge is 0.265 e. The second-order valence-corrected chi connectivity index (χ2v) is 4.68. The van der Waals surface area contributed by atoms with E-state index in [4.69, 9.17) is 0 Å². The van der Waals surface area contributed by atoms with Crippen molar-refractivity contribution in [3.63, 3.8) is 0 Å². The molecule has 94 valence electrons. The molecule has 0 N–H and O–H groups in total. The van der Waals surface area contributed by atoms with Crippen molar-refractivity contribution in [2.45, 2.75) is 13.8 Å². The van der Waals surface area contributed by atoms with E-state index in [2.05, 4.69) is 4.98 Å². The van der Waals surface area contributed by atoms with Crippen LogP contribution in [0.4, 0.5) is 0 Å². The Balaban J connectivity index is 2.39. The van der Waals surface area contributed by atoms with Crippen molar-refractivity contribution in [2.75, 3.05) is 0 Å². The van der Waals surface area contributed by atoms with E-state index < -0.39 is 0 Å². The Morgan fingerprint density at radius 2 is 1.63 bits per heavy atom. The predicted octanol–water partition coefficient (Wildman–Crippen LogP) is 3.00. The van der Waals surface area contributed by atoms with Gasteiger partial charge in [0.2, 0.25) is 0 Å². The molecule has 0 spiro atoms. The van der Waals surface area contributed by atoms with Gasteiger partial charge in [0.05, 0.1) is 16.6 Å². The minimum Gasteiger partial charge on any atom is -0.268 e. The van der Waals surface area contributed by atoms with Crippen LogP contribution in [0.1, 0.15) is 11.1 Å². The van der Waals surface area contributed by atoms with Crippen LogP contribution in [0.5, 0.6) is 0 Å². The maximum Gasteiger partial charge on any atom is 0.265 e. The minimum atomic E-state index is -0.0250. The first kappa shape index (κ1) is 11.7. The Morgan fingerprint density at radius 1 is 0.947 bits per heavy atom. The van der Waals surface area contributed by atoms with Gasteiger partial charge in [-0.2, -0.15) is 0 Å². The Kier molecular flexibility index (Phi) is 2.67. The summed E-state index contributed by atoms with van der Waals surface area (Å²) in [6.45, 7) is 4.01. The molecule has 3 aromatic rings. The number of aromatic nitrogens is 2. The Hall–Kier alpha value is -2.42. The fourth-order valence-electron chi connectivity index (χ4n) is 2.41. The fraction of sp³-hybridized carbons (Fsp3) is 0.125. The molecule has 19 heavy (non-hydrogen) atoms. The molecule has 0 aliphatic carbocycles. The molecule has 0 unspecified atom stereocenters. The van der Waals surface area contributed by atoms with Crippen LogP contribution in [0, 0.1) is 13.8 Å². The topological polar surface area (TPSA) is 34.9 Å². The van der Waals surface area contributed by atoms with Gasteiger partial charge in [-0.05, 0) is 37.1 Å². The summed E-state index contributed by atoms with van der Waals surface area (Å²) in [5.74, 6) is 0. The number of aryl methyl sites for hydroxylation is 2. The fourth-order valence-corrected chi connectivity index (χ4v) is 2.41. The van der Waals surface area contributed by atoms with Gasteiger partial charge in [0.1, 0.15) is 6.33 Å². The second kappa shape index (κ2) is 4.35. The summed E-state index contributed by atoms with van der Waals surface area (Å²) in [4.78, 5) is 16.9. The molecular formula is C16H14N2O. The van der Waals surface area contributed by atoms with E-state index in [-0.39, 0.29) is 5.56 Å². The van der Waals surface area contributed by atoms with Crippen molar-refractivity contribution in [1.29, 1.82) is 0 Å². The summed E-state index contributed by atoms with van der Waals surface area (Å²) in [7, 11) is 0. The molecule has 0 bridgehead atoms. The van der Waals surface area contributed by atoms with Crippen LogP contribution in [0.3, 0.4) is 0 Å². The van der Waals surface area contributed by atoms with Gasteiger partial charge in [0, 0.05) is 0 Å². The molecule has 0 aliphatic rings. The Labute approximate surface area is 111 Å². The molecule has 0 saturated carbocycles. The molecule has 0 saturated heterocycles. The first-order valence-corrected chi connectivity index (χ1v) is 6.21. The quantitative estimate of drug-likeness (QED) is 0.665. The number of hydrogen-bond acceptors (Lipinski definition) is 2. The molecular weight excluding hydrogens is 236 g/mol. The molecule has 0 aliphatic heterocycles. The molecule has 3 rings (SSSR count). The van der Waals surface area contributed by atoms with Gasteiger partial charge in [0.25, 0.3) is 5.56 Å². The number of para-hydroxylation sites is 2. The van der Waals surface area contributed by atoms with Crippen LogP contribution in [-0.2, 0) is 0 Å². The van der Waals surface area contributed by atoms with Crippen molar-refractivity contribution >= 4 is 10.9 Å². The monoisotopic (exact) mass is 250 g/mol. The average Bonchev–Trinajstić information content (AvgIpc) is 2.41. The van der Waals surface area contributed by atoms with Gasteiger partial charge in [-0.1, -0.05) is 30.3 Å². The zero-order chi connectivity index (χ0) is 13.4. The van der Waals surface area contributed by atoms with Gasteiger partial charge in [-0.15, -0.1) is 0 Å². The van der Waals surface area contributed by atoms with Crippen LogP contribution in [0.2, 0.25) is 0 Å². The number of fused-ring (bicyclic) bond motifs is 1. The molecule has 2 aromatic carbocycles. The number of rotatable bonds is 1. The van der Waals surface area contributed by atoms with Crippen LogP contribution < -0.4 is 5.56 Å². The standard InChI is InChI=1S/C16H14N2O/c1-11-6-5-7-12(2)15(11)18-10-17-14-9-4-3-8-13(14)16(18)19/h3-10H,1-2H3. The highest BCUT2D eigenvalue weighted by molar-refractivity contribution is 5.77. The van der Waals surface area contributed by atoms with E-state index in [1.807, 2.05) is 56.3 Å². The van der Waals surface area contributed by atoms with Crippen molar-refractivity contribution < 1.29 is 0 Å². The van der Waals surface area contributed by atoms with Crippen molar-refractivity contribution in [3.05, 3.63) is 70.3 Å².